The number of aromatic carboxylic acids is 1. The van der Waals surface area contributed by atoms with Gasteiger partial charge in [0.05, 0.1) is 16.6 Å². The Balaban J connectivity index is 2.16. The van der Waals surface area contributed by atoms with E-state index in [0.29, 0.717) is 11.4 Å². The van der Waals surface area contributed by atoms with E-state index in [1.54, 1.807) is 18.2 Å². The molecule has 1 aromatic carbocycles. The average molecular weight is 366 g/mol. The molecule has 2 aromatic rings. The van der Waals surface area contributed by atoms with Crippen LogP contribution in [0.15, 0.2) is 30.5 Å². The summed E-state index contributed by atoms with van der Waals surface area (Å²) in [6.07, 6.45) is 1.23. The van der Waals surface area contributed by atoms with Crippen LogP contribution in [0.3, 0.4) is 0 Å². The Morgan fingerprint density at radius 2 is 1.96 bits per heavy atom. The van der Waals surface area contributed by atoms with E-state index in [2.05, 4.69) is 15.6 Å². The van der Waals surface area contributed by atoms with E-state index in [4.69, 9.17) is 5.11 Å². The van der Waals surface area contributed by atoms with E-state index in [0.717, 1.165) is 0 Å². The molecule has 0 aliphatic carbocycles. The van der Waals surface area contributed by atoms with Crippen LogP contribution >= 0.6 is 0 Å². The minimum absolute atomic E-state index is 0.217. The fraction of sp³-hybridized carbons (Fsp3) is 0.333. The number of sulfone groups is 1. The first-order valence-electron chi connectivity index (χ1n) is 7.28. The van der Waals surface area contributed by atoms with Gasteiger partial charge in [-0.2, -0.15) is 0 Å². The molecule has 0 atom stereocenters. The Kier molecular flexibility index (Phi) is 4.93. The van der Waals surface area contributed by atoms with Gasteiger partial charge in [0.1, 0.15) is 5.75 Å². The zero-order valence-corrected chi connectivity index (χ0v) is 14.7. The smallest absolute Gasteiger partial charge is 0.358 e. The highest BCUT2D eigenvalue weighted by molar-refractivity contribution is 7.93. The standard InChI is InChI=1S/C15H18N4O5S/c1-15(2,3)25(23,24)9-13(20)16-10-5-4-6-11(7-10)19-8-12(14(21)22)17-18-19/h4-8H,9H2,1-3H3,(H,16,20)(H,21,22). The molecule has 0 fully saturated rings. The van der Waals surface area contributed by atoms with Gasteiger partial charge in [0, 0.05) is 5.69 Å². The van der Waals surface area contributed by atoms with Gasteiger partial charge < -0.3 is 10.4 Å². The summed E-state index contributed by atoms with van der Waals surface area (Å²) in [6, 6.07) is 6.37. The van der Waals surface area contributed by atoms with Crippen LogP contribution < -0.4 is 5.32 Å². The second-order valence-electron chi connectivity index (χ2n) is 6.32. The lowest BCUT2D eigenvalue weighted by Crippen LogP contribution is -2.35. The largest absolute Gasteiger partial charge is 0.476 e. The maximum absolute atomic E-state index is 12.1. The molecule has 2 rings (SSSR count). The molecule has 10 heteroatoms. The van der Waals surface area contributed by atoms with Crippen LogP contribution in [0.1, 0.15) is 31.3 Å². The van der Waals surface area contributed by atoms with Gasteiger partial charge in [-0.1, -0.05) is 11.3 Å². The zero-order chi connectivity index (χ0) is 18.8. The molecule has 1 heterocycles. The number of hydrogen-bond acceptors (Lipinski definition) is 6. The maximum Gasteiger partial charge on any atom is 0.358 e. The monoisotopic (exact) mass is 366 g/mol. The molecule has 1 aromatic heterocycles. The summed E-state index contributed by atoms with van der Waals surface area (Å²) >= 11 is 0. The summed E-state index contributed by atoms with van der Waals surface area (Å²) in [6.45, 7) is 4.59. The Hall–Kier alpha value is -2.75. The molecule has 0 spiro atoms. The topological polar surface area (TPSA) is 131 Å². The Bertz CT molecular complexity index is 912. The van der Waals surface area contributed by atoms with Crippen LogP contribution in [0, 0.1) is 0 Å². The number of anilines is 1. The van der Waals surface area contributed by atoms with Crippen molar-refractivity contribution in [2.75, 3.05) is 11.1 Å². The van der Waals surface area contributed by atoms with Gasteiger partial charge in [-0.25, -0.2) is 17.9 Å². The van der Waals surface area contributed by atoms with E-state index in [9.17, 15) is 18.0 Å². The molecular formula is C15H18N4O5S. The van der Waals surface area contributed by atoms with E-state index in [1.807, 2.05) is 0 Å². The molecule has 0 aliphatic rings. The highest BCUT2D eigenvalue weighted by Gasteiger charge is 2.31. The first-order valence-corrected chi connectivity index (χ1v) is 8.93. The predicted molar refractivity (Wildman–Crippen MR) is 90.5 cm³/mol. The minimum Gasteiger partial charge on any atom is -0.476 e. The van der Waals surface area contributed by atoms with Gasteiger partial charge in [0.15, 0.2) is 15.5 Å². The lowest BCUT2D eigenvalue weighted by molar-refractivity contribution is -0.113. The number of carboxylic acids is 1. The van der Waals surface area contributed by atoms with Gasteiger partial charge in [0.25, 0.3) is 0 Å². The normalized spacial score (nSPS) is 12.0. The molecule has 2 N–H and O–H groups in total. The number of benzene rings is 1. The van der Waals surface area contributed by atoms with Crippen molar-refractivity contribution < 1.29 is 23.1 Å². The van der Waals surface area contributed by atoms with E-state index in [1.165, 1.54) is 37.7 Å². The molecule has 9 nitrogen and oxygen atoms in total. The number of aromatic nitrogens is 3. The number of nitrogens with zero attached hydrogens (tertiary/aromatic N) is 3. The van der Waals surface area contributed by atoms with Crippen LogP contribution in [0.5, 0.6) is 0 Å². The summed E-state index contributed by atoms with van der Waals surface area (Å²) in [7, 11) is -3.59. The van der Waals surface area contributed by atoms with E-state index < -0.39 is 32.2 Å². The lowest BCUT2D eigenvalue weighted by atomic mass is 10.2. The van der Waals surface area contributed by atoms with Gasteiger partial charge in [-0.15, -0.1) is 5.10 Å². The number of nitrogens with one attached hydrogen (secondary N) is 1. The van der Waals surface area contributed by atoms with Crippen molar-refractivity contribution in [3.05, 3.63) is 36.2 Å². The van der Waals surface area contributed by atoms with Crippen LogP contribution in [-0.4, -0.2) is 50.9 Å². The molecule has 0 aliphatic heterocycles. The van der Waals surface area contributed by atoms with Crippen LogP contribution in [-0.2, 0) is 14.6 Å². The quantitative estimate of drug-likeness (QED) is 0.810. The number of carbonyl (C=O) groups is 2. The predicted octanol–water partition coefficient (Wildman–Crippen LogP) is 1.12. The first kappa shape index (κ1) is 18.6. The van der Waals surface area contributed by atoms with Crippen molar-refractivity contribution in [3.8, 4) is 5.69 Å². The van der Waals surface area contributed by atoms with Gasteiger partial charge in [-0.05, 0) is 39.0 Å². The summed E-state index contributed by atoms with van der Waals surface area (Å²) < 4.78 is 24.4. The van der Waals surface area contributed by atoms with E-state index >= 15 is 0 Å². The minimum atomic E-state index is -3.59. The number of carboxylic acid groups (broad SMARTS) is 1. The summed E-state index contributed by atoms with van der Waals surface area (Å²) in [5.41, 5.74) is 0.612. The number of carbonyl (C=O) groups excluding carboxylic acids is 1. The number of rotatable bonds is 5. The molecule has 0 saturated heterocycles. The second kappa shape index (κ2) is 6.63. The highest BCUT2D eigenvalue weighted by atomic mass is 32.2. The number of hydrogen-bond donors (Lipinski definition) is 2. The van der Waals surface area contributed by atoms with Gasteiger partial charge >= 0.3 is 5.97 Å². The summed E-state index contributed by atoms with van der Waals surface area (Å²) in [5, 5.41) is 18.6. The highest BCUT2D eigenvalue weighted by Crippen LogP contribution is 2.18. The fourth-order valence-electron chi connectivity index (χ4n) is 1.80. The van der Waals surface area contributed by atoms with Crippen molar-refractivity contribution in [2.45, 2.75) is 25.5 Å². The summed E-state index contributed by atoms with van der Waals surface area (Å²) in [4.78, 5) is 22.9. The van der Waals surface area contributed by atoms with Crippen molar-refractivity contribution >= 4 is 27.4 Å². The maximum atomic E-state index is 12.1. The SMILES string of the molecule is CC(C)(C)S(=O)(=O)CC(=O)Nc1cccc(-n2cc(C(=O)O)nn2)c1. The lowest BCUT2D eigenvalue weighted by Gasteiger charge is -2.18. The van der Waals surface area contributed by atoms with Crippen LogP contribution in [0.4, 0.5) is 5.69 Å². The second-order valence-corrected chi connectivity index (χ2v) is 9.07. The van der Waals surface area contributed by atoms with Crippen molar-refractivity contribution in [1.29, 1.82) is 0 Å². The third kappa shape index (κ3) is 4.41. The zero-order valence-electron chi connectivity index (χ0n) is 13.9. The van der Waals surface area contributed by atoms with Crippen LogP contribution in [0.25, 0.3) is 5.69 Å². The fourth-order valence-corrected chi connectivity index (χ4v) is 2.65. The first-order chi connectivity index (χ1) is 11.5. The molecular weight excluding hydrogens is 348 g/mol. The Morgan fingerprint density at radius 1 is 1.28 bits per heavy atom. The molecule has 25 heavy (non-hydrogen) atoms. The molecule has 1 amide bonds. The Labute approximate surface area is 144 Å². The van der Waals surface area contributed by atoms with E-state index in [-0.39, 0.29) is 5.69 Å². The molecule has 0 saturated carbocycles. The summed E-state index contributed by atoms with van der Waals surface area (Å²) in [5.74, 6) is -2.49. The Morgan fingerprint density at radius 3 is 2.52 bits per heavy atom. The molecule has 0 radical (unpaired) electrons. The third-order valence-corrected chi connectivity index (χ3v) is 5.87. The van der Waals surface area contributed by atoms with Crippen LogP contribution in [0.2, 0.25) is 0 Å². The van der Waals surface area contributed by atoms with Crippen molar-refractivity contribution in [1.82, 2.24) is 15.0 Å². The molecule has 134 valence electrons. The van der Waals surface area contributed by atoms with Gasteiger partial charge in [-0.3, -0.25) is 4.79 Å². The molecule has 0 unspecified atom stereocenters. The van der Waals surface area contributed by atoms with Crippen molar-refractivity contribution in [2.24, 2.45) is 0 Å². The van der Waals surface area contributed by atoms with Gasteiger partial charge in [0.2, 0.25) is 5.91 Å². The third-order valence-electron chi connectivity index (χ3n) is 3.36. The average Bonchev–Trinajstić information content (AvgIpc) is 2.95. The number of amides is 1. The molecule has 0 bridgehead atoms. The van der Waals surface area contributed by atoms with Crippen molar-refractivity contribution in [3.63, 3.8) is 0 Å².